The Bertz CT molecular complexity index is 606. The number of aromatic nitrogens is 1. The summed E-state index contributed by atoms with van der Waals surface area (Å²) >= 11 is 0. The van der Waals surface area contributed by atoms with Crippen LogP contribution in [-0.4, -0.2) is 11.7 Å². The van der Waals surface area contributed by atoms with Crippen molar-refractivity contribution in [3.8, 4) is 0 Å². The van der Waals surface area contributed by atoms with Crippen LogP contribution in [0.5, 0.6) is 0 Å². The quantitative estimate of drug-likeness (QED) is 0.684. The van der Waals surface area contributed by atoms with Crippen molar-refractivity contribution < 1.29 is 14.2 Å². The van der Waals surface area contributed by atoms with Crippen molar-refractivity contribution in [2.24, 2.45) is 0 Å². The number of Topliss-reactive ketones (excluding diaryl/α,β-unsaturated/α-hetero) is 1. The molecule has 2 rings (SSSR count). The number of anilines is 1. The predicted octanol–water partition coefficient (Wildman–Crippen LogP) is 2.38. The second-order valence-electron chi connectivity index (χ2n) is 4.62. The highest BCUT2D eigenvalue weighted by Crippen LogP contribution is 2.10. The van der Waals surface area contributed by atoms with Crippen LogP contribution in [0.4, 0.5) is 5.69 Å². The van der Waals surface area contributed by atoms with E-state index in [1.165, 1.54) is 6.92 Å². The normalized spacial score (nSPS) is 11.7. The summed E-state index contributed by atoms with van der Waals surface area (Å²) in [6, 6.07) is 12.5. The van der Waals surface area contributed by atoms with Crippen LogP contribution in [0.25, 0.3) is 0 Å². The minimum atomic E-state index is -0.288. The smallest absolute Gasteiger partial charge is 0.230 e. The number of carbonyl (C=O) groups is 2. The molecule has 0 aliphatic carbocycles. The first-order chi connectivity index (χ1) is 9.58. The van der Waals surface area contributed by atoms with E-state index in [9.17, 15) is 9.59 Å². The van der Waals surface area contributed by atoms with E-state index in [2.05, 4.69) is 5.32 Å². The molecule has 0 aliphatic heterocycles. The third kappa shape index (κ3) is 3.29. The third-order valence-corrected chi connectivity index (χ3v) is 3.06. The summed E-state index contributed by atoms with van der Waals surface area (Å²) in [6.45, 7) is 3.32. The van der Waals surface area contributed by atoms with E-state index in [4.69, 9.17) is 0 Å². The van der Waals surface area contributed by atoms with E-state index in [1.54, 1.807) is 24.5 Å². The van der Waals surface area contributed by atoms with Crippen LogP contribution in [0.1, 0.15) is 30.2 Å². The molecule has 102 valence electrons. The molecule has 0 saturated heterocycles. The van der Waals surface area contributed by atoms with Crippen molar-refractivity contribution >= 4 is 17.4 Å². The monoisotopic (exact) mass is 269 g/mol. The van der Waals surface area contributed by atoms with E-state index < -0.39 is 0 Å². The fourth-order valence-electron chi connectivity index (χ4n) is 1.96. The predicted molar refractivity (Wildman–Crippen MR) is 76.4 cm³/mol. The van der Waals surface area contributed by atoms with Crippen LogP contribution in [0.3, 0.4) is 0 Å². The summed E-state index contributed by atoms with van der Waals surface area (Å²) < 4.78 is 1.82. The van der Waals surface area contributed by atoms with Crippen LogP contribution in [0, 0.1) is 0 Å². The summed E-state index contributed by atoms with van der Waals surface area (Å²) in [5, 5.41) is 2.69. The number of nitrogens with one attached hydrogen (secondary N) is 1. The Balaban J connectivity index is 2.15. The molecule has 0 fully saturated rings. The Kier molecular flexibility index (Phi) is 4.25. The molecule has 0 unspecified atom stereocenters. The van der Waals surface area contributed by atoms with E-state index in [0.717, 1.165) is 0 Å². The number of carbonyl (C=O) groups excluding carboxylic acids is 2. The molecule has 0 bridgehead atoms. The second-order valence-corrected chi connectivity index (χ2v) is 4.62. The molecule has 0 spiro atoms. The Labute approximate surface area is 118 Å². The molecule has 0 aliphatic rings. The number of amides is 1. The summed E-state index contributed by atoms with van der Waals surface area (Å²) in [4.78, 5) is 23.3. The summed E-state index contributed by atoms with van der Waals surface area (Å²) in [7, 11) is 0. The maximum atomic E-state index is 12.3. The standard InChI is InChI=1S/C16H16N2O2/c1-12(16(20)14-6-4-3-5-7-14)18-10-8-15(9-11-18)17-13(2)19/h3-12H,1-2H3/p+1/t12-/m1/s1. The minimum Gasteiger partial charge on any atom is -0.326 e. The zero-order valence-electron chi connectivity index (χ0n) is 11.5. The van der Waals surface area contributed by atoms with Gasteiger partial charge < -0.3 is 5.32 Å². The van der Waals surface area contributed by atoms with Crippen LogP contribution in [0.2, 0.25) is 0 Å². The van der Waals surface area contributed by atoms with Crippen molar-refractivity contribution in [2.45, 2.75) is 19.9 Å². The molecular weight excluding hydrogens is 252 g/mol. The SMILES string of the molecule is CC(=O)Nc1cc[n+]([C@H](C)C(=O)c2ccccc2)cc1. The number of hydrogen-bond donors (Lipinski definition) is 1. The topological polar surface area (TPSA) is 50.1 Å². The molecule has 1 heterocycles. The van der Waals surface area contributed by atoms with Crippen LogP contribution >= 0.6 is 0 Å². The van der Waals surface area contributed by atoms with Gasteiger partial charge in [0.15, 0.2) is 12.4 Å². The van der Waals surface area contributed by atoms with Gasteiger partial charge in [0.1, 0.15) is 0 Å². The van der Waals surface area contributed by atoms with Gasteiger partial charge in [0.25, 0.3) is 0 Å². The largest absolute Gasteiger partial charge is 0.326 e. The van der Waals surface area contributed by atoms with Gasteiger partial charge in [-0.3, -0.25) is 9.59 Å². The minimum absolute atomic E-state index is 0.0582. The molecule has 4 nitrogen and oxygen atoms in total. The number of pyridine rings is 1. The van der Waals surface area contributed by atoms with E-state index >= 15 is 0 Å². The lowest BCUT2D eigenvalue weighted by molar-refractivity contribution is -0.704. The Morgan fingerprint density at radius 1 is 1.05 bits per heavy atom. The molecule has 1 aromatic heterocycles. The highest BCUT2D eigenvalue weighted by molar-refractivity contribution is 5.97. The molecule has 1 atom stereocenters. The average Bonchev–Trinajstić information content (AvgIpc) is 2.47. The summed E-state index contributed by atoms with van der Waals surface area (Å²) in [5.41, 5.74) is 1.41. The highest BCUT2D eigenvalue weighted by Gasteiger charge is 2.22. The molecule has 0 radical (unpaired) electrons. The van der Waals surface area contributed by atoms with Gasteiger partial charge >= 0.3 is 0 Å². The maximum Gasteiger partial charge on any atom is 0.230 e. The number of ketones is 1. The first-order valence-electron chi connectivity index (χ1n) is 6.45. The van der Waals surface area contributed by atoms with Crippen molar-refractivity contribution in [3.05, 3.63) is 60.4 Å². The van der Waals surface area contributed by atoms with Crippen molar-refractivity contribution in [1.82, 2.24) is 0 Å². The van der Waals surface area contributed by atoms with E-state index in [0.29, 0.717) is 11.3 Å². The Morgan fingerprint density at radius 3 is 2.20 bits per heavy atom. The maximum absolute atomic E-state index is 12.3. The van der Waals surface area contributed by atoms with Crippen molar-refractivity contribution in [2.75, 3.05) is 5.32 Å². The van der Waals surface area contributed by atoms with Gasteiger partial charge in [0.2, 0.25) is 17.7 Å². The average molecular weight is 269 g/mol. The first-order valence-corrected chi connectivity index (χ1v) is 6.45. The zero-order chi connectivity index (χ0) is 14.5. The summed E-state index contributed by atoms with van der Waals surface area (Å²) in [6.07, 6.45) is 3.58. The van der Waals surface area contributed by atoms with Crippen LogP contribution < -0.4 is 9.88 Å². The van der Waals surface area contributed by atoms with E-state index in [-0.39, 0.29) is 17.7 Å². The Hall–Kier alpha value is -2.49. The number of rotatable bonds is 4. The third-order valence-electron chi connectivity index (χ3n) is 3.06. The molecule has 1 N–H and O–H groups in total. The molecule has 2 aromatic rings. The fourth-order valence-corrected chi connectivity index (χ4v) is 1.96. The molecular formula is C16H17N2O2+. The molecule has 1 amide bonds. The molecule has 1 aromatic carbocycles. The first kappa shape index (κ1) is 13.9. The summed E-state index contributed by atoms with van der Waals surface area (Å²) in [5.74, 6) is -0.0564. The van der Waals surface area contributed by atoms with Gasteiger partial charge in [-0.1, -0.05) is 30.3 Å². The lowest BCUT2D eigenvalue weighted by atomic mass is 10.1. The molecule has 20 heavy (non-hydrogen) atoms. The second kappa shape index (κ2) is 6.10. The fraction of sp³-hybridized carbons (Fsp3) is 0.188. The highest BCUT2D eigenvalue weighted by atomic mass is 16.1. The lowest BCUT2D eigenvalue weighted by Crippen LogP contribution is -2.41. The molecule has 0 saturated carbocycles. The van der Waals surface area contributed by atoms with Gasteiger partial charge in [-0.05, 0) is 0 Å². The lowest BCUT2D eigenvalue weighted by Gasteiger charge is -2.07. The van der Waals surface area contributed by atoms with Gasteiger partial charge in [0, 0.05) is 31.5 Å². The molecule has 4 heteroatoms. The Morgan fingerprint density at radius 2 is 1.65 bits per heavy atom. The number of benzene rings is 1. The van der Waals surface area contributed by atoms with Gasteiger partial charge in [-0.2, -0.15) is 4.57 Å². The van der Waals surface area contributed by atoms with Crippen LogP contribution in [-0.2, 0) is 4.79 Å². The van der Waals surface area contributed by atoms with Crippen molar-refractivity contribution in [1.29, 1.82) is 0 Å². The number of hydrogen-bond acceptors (Lipinski definition) is 2. The zero-order valence-corrected chi connectivity index (χ0v) is 11.5. The van der Waals surface area contributed by atoms with E-state index in [1.807, 2.05) is 41.8 Å². The van der Waals surface area contributed by atoms with Gasteiger partial charge in [0.05, 0.1) is 5.69 Å². The van der Waals surface area contributed by atoms with Gasteiger partial charge in [-0.15, -0.1) is 0 Å². The van der Waals surface area contributed by atoms with Crippen LogP contribution in [0.15, 0.2) is 54.9 Å². The number of nitrogens with zero attached hydrogens (tertiary/aromatic N) is 1. The van der Waals surface area contributed by atoms with Crippen molar-refractivity contribution in [3.63, 3.8) is 0 Å². The van der Waals surface area contributed by atoms with Gasteiger partial charge in [-0.25, -0.2) is 0 Å².